The Morgan fingerprint density at radius 1 is 1.63 bits per heavy atom. The van der Waals surface area contributed by atoms with Crippen LogP contribution in [0.25, 0.3) is 11.5 Å². The first-order valence-corrected chi connectivity index (χ1v) is 5.96. The Balaban J connectivity index is 1.83. The Kier molecular flexibility index (Phi) is 2.70. The van der Waals surface area contributed by atoms with Crippen LogP contribution >= 0.6 is 0 Å². The second kappa shape index (κ2) is 4.27. The molecule has 0 amide bonds. The van der Waals surface area contributed by atoms with Crippen molar-refractivity contribution >= 4 is 0 Å². The monoisotopic (exact) mass is 263 g/mol. The standard InChI is InChI=1S/C12H14FN5O/c1-8(13)12(5-15-6-12)3-10-16-11(17-19-10)9-4-14-7-18(9)2/h4,7,15H,1,3,5-6H2,2H3. The number of halogens is 1. The normalized spacial score (nSPS) is 17.2. The molecule has 0 bridgehead atoms. The van der Waals surface area contributed by atoms with Crippen LogP contribution in [0.2, 0.25) is 0 Å². The van der Waals surface area contributed by atoms with Gasteiger partial charge in [0, 0.05) is 26.6 Å². The van der Waals surface area contributed by atoms with Crippen molar-refractivity contribution in [1.82, 2.24) is 25.0 Å². The lowest BCUT2D eigenvalue weighted by Gasteiger charge is -2.40. The number of nitrogens with zero attached hydrogens (tertiary/aromatic N) is 4. The summed E-state index contributed by atoms with van der Waals surface area (Å²) < 4.78 is 20.5. The van der Waals surface area contributed by atoms with Crippen molar-refractivity contribution in [3.8, 4) is 11.5 Å². The molecule has 1 saturated heterocycles. The molecule has 19 heavy (non-hydrogen) atoms. The minimum atomic E-state index is -0.601. The van der Waals surface area contributed by atoms with Crippen LogP contribution in [0, 0.1) is 5.41 Å². The molecule has 0 aliphatic carbocycles. The summed E-state index contributed by atoms with van der Waals surface area (Å²) in [5.41, 5.74) is 0.158. The fourth-order valence-electron chi connectivity index (χ4n) is 2.13. The molecule has 0 unspecified atom stereocenters. The lowest BCUT2D eigenvalue weighted by atomic mass is 9.78. The van der Waals surface area contributed by atoms with Crippen molar-refractivity contribution in [2.45, 2.75) is 6.42 Å². The quantitative estimate of drug-likeness (QED) is 0.894. The number of rotatable bonds is 4. The maximum atomic E-state index is 13.5. The largest absolute Gasteiger partial charge is 0.339 e. The zero-order valence-electron chi connectivity index (χ0n) is 10.6. The average molecular weight is 263 g/mol. The summed E-state index contributed by atoms with van der Waals surface area (Å²) in [6, 6.07) is 0. The van der Waals surface area contributed by atoms with Gasteiger partial charge in [0.1, 0.15) is 11.5 Å². The van der Waals surface area contributed by atoms with Crippen LogP contribution in [0.3, 0.4) is 0 Å². The van der Waals surface area contributed by atoms with Gasteiger partial charge in [-0.1, -0.05) is 11.7 Å². The third-order valence-corrected chi connectivity index (χ3v) is 3.51. The molecule has 1 aliphatic heterocycles. The highest BCUT2D eigenvalue weighted by atomic mass is 19.1. The van der Waals surface area contributed by atoms with E-state index < -0.39 is 5.41 Å². The highest BCUT2D eigenvalue weighted by molar-refractivity contribution is 5.47. The van der Waals surface area contributed by atoms with Gasteiger partial charge in [0.2, 0.25) is 11.7 Å². The maximum Gasteiger partial charge on any atom is 0.228 e. The lowest BCUT2D eigenvalue weighted by Crippen LogP contribution is -2.55. The first-order chi connectivity index (χ1) is 9.11. The Morgan fingerprint density at radius 2 is 2.42 bits per heavy atom. The Morgan fingerprint density at radius 3 is 2.95 bits per heavy atom. The van der Waals surface area contributed by atoms with Gasteiger partial charge in [-0.3, -0.25) is 0 Å². The number of nitrogens with one attached hydrogen (secondary N) is 1. The van der Waals surface area contributed by atoms with E-state index in [9.17, 15) is 4.39 Å². The van der Waals surface area contributed by atoms with Gasteiger partial charge in [0.15, 0.2) is 0 Å². The summed E-state index contributed by atoms with van der Waals surface area (Å²) in [5.74, 6) is 0.532. The molecule has 0 aromatic carbocycles. The molecule has 3 rings (SSSR count). The van der Waals surface area contributed by atoms with Crippen LogP contribution < -0.4 is 5.32 Å². The molecule has 0 radical (unpaired) electrons. The minimum Gasteiger partial charge on any atom is -0.339 e. The van der Waals surface area contributed by atoms with E-state index in [4.69, 9.17) is 4.52 Å². The molecule has 2 aromatic heterocycles. The molecular formula is C12H14FN5O. The summed E-state index contributed by atoms with van der Waals surface area (Å²) >= 11 is 0. The van der Waals surface area contributed by atoms with Crippen LogP contribution in [0.4, 0.5) is 4.39 Å². The van der Waals surface area contributed by atoms with E-state index in [1.165, 1.54) is 0 Å². The van der Waals surface area contributed by atoms with Gasteiger partial charge < -0.3 is 14.4 Å². The van der Waals surface area contributed by atoms with Crippen LogP contribution in [-0.4, -0.2) is 32.8 Å². The number of aryl methyl sites for hydroxylation is 1. The fraction of sp³-hybridized carbons (Fsp3) is 0.417. The minimum absolute atomic E-state index is 0.341. The molecule has 1 aliphatic rings. The molecule has 100 valence electrons. The van der Waals surface area contributed by atoms with E-state index in [0.29, 0.717) is 31.2 Å². The van der Waals surface area contributed by atoms with Crippen molar-refractivity contribution in [3.63, 3.8) is 0 Å². The van der Waals surface area contributed by atoms with Crippen LogP contribution in [-0.2, 0) is 13.5 Å². The van der Waals surface area contributed by atoms with Crippen molar-refractivity contribution in [2.24, 2.45) is 12.5 Å². The number of imidazole rings is 1. The molecule has 0 saturated carbocycles. The molecular weight excluding hydrogens is 249 g/mol. The molecule has 0 spiro atoms. The topological polar surface area (TPSA) is 68.8 Å². The predicted octanol–water partition coefficient (Wildman–Crippen LogP) is 1.09. The molecule has 2 aromatic rings. The van der Waals surface area contributed by atoms with Crippen molar-refractivity contribution < 1.29 is 8.91 Å². The van der Waals surface area contributed by atoms with Gasteiger partial charge in [0.05, 0.1) is 17.9 Å². The first-order valence-electron chi connectivity index (χ1n) is 5.96. The van der Waals surface area contributed by atoms with E-state index in [2.05, 4.69) is 27.0 Å². The van der Waals surface area contributed by atoms with Gasteiger partial charge in [-0.15, -0.1) is 0 Å². The molecule has 1 fully saturated rings. The second-order valence-electron chi connectivity index (χ2n) is 4.87. The summed E-state index contributed by atoms with van der Waals surface area (Å²) in [4.78, 5) is 8.28. The van der Waals surface area contributed by atoms with E-state index in [1.807, 2.05) is 7.05 Å². The van der Waals surface area contributed by atoms with Gasteiger partial charge >= 0.3 is 0 Å². The molecule has 7 heteroatoms. The Hall–Kier alpha value is -2.02. The molecule has 0 atom stereocenters. The van der Waals surface area contributed by atoms with Gasteiger partial charge in [0.25, 0.3) is 0 Å². The van der Waals surface area contributed by atoms with E-state index in [1.54, 1.807) is 17.1 Å². The van der Waals surface area contributed by atoms with Crippen molar-refractivity contribution in [3.05, 3.63) is 30.8 Å². The maximum absolute atomic E-state index is 13.5. The Bertz CT molecular complexity index is 613. The van der Waals surface area contributed by atoms with E-state index in [0.717, 1.165) is 5.69 Å². The summed E-state index contributed by atoms with van der Waals surface area (Å²) in [7, 11) is 1.85. The number of hydrogen-bond donors (Lipinski definition) is 1. The van der Waals surface area contributed by atoms with Crippen LogP contribution in [0.1, 0.15) is 5.89 Å². The smallest absolute Gasteiger partial charge is 0.228 e. The van der Waals surface area contributed by atoms with Crippen molar-refractivity contribution in [1.29, 1.82) is 0 Å². The summed E-state index contributed by atoms with van der Waals surface area (Å²) in [6.45, 7) is 4.50. The summed E-state index contributed by atoms with van der Waals surface area (Å²) in [5, 5.41) is 6.94. The number of hydrogen-bond acceptors (Lipinski definition) is 5. The molecule has 3 heterocycles. The summed E-state index contributed by atoms with van der Waals surface area (Å²) in [6.07, 6.45) is 3.68. The zero-order chi connectivity index (χ0) is 13.5. The Labute approximate surface area is 109 Å². The lowest BCUT2D eigenvalue weighted by molar-refractivity contribution is 0.162. The molecule has 1 N–H and O–H groups in total. The van der Waals surface area contributed by atoms with Crippen molar-refractivity contribution in [2.75, 3.05) is 13.1 Å². The first kappa shape index (κ1) is 12.0. The van der Waals surface area contributed by atoms with Gasteiger partial charge in [-0.25, -0.2) is 9.37 Å². The predicted molar refractivity (Wildman–Crippen MR) is 65.8 cm³/mol. The zero-order valence-corrected chi connectivity index (χ0v) is 10.6. The average Bonchev–Trinajstić information content (AvgIpc) is 2.91. The SMILES string of the molecule is C=C(F)C1(Cc2nc(-c3cncn3C)no2)CNC1. The van der Waals surface area contributed by atoms with E-state index in [-0.39, 0.29) is 5.83 Å². The van der Waals surface area contributed by atoms with E-state index >= 15 is 0 Å². The fourth-order valence-corrected chi connectivity index (χ4v) is 2.13. The number of aromatic nitrogens is 4. The third kappa shape index (κ3) is 1.95. The highest BCUT2D eigenvalue weighted by Gasteiger charge is 2.42. The van der Waals surface area contributed by atoms with Gasteiger partial charge in [-0.2, -0.15) is 4.98 Å². The third-order valence-electron chi connectivity index (χ3n) is 3.51. The highest BCUT2D eigenvalue weighted by Crippen LogP contribution is 2.35. The van der Waals surface area contributed by atoms with Crippen LogP contribution in [0.15, 0.2) is 29.5 Å². The van der Waals surface area contributed by atoms with Gasteiger partial charge in [-0.05, 0) is 0 Å². The molecule has 6 nitrogen and oxygen atoms in total. The van der Waals surface area contributed by atoms with Crippen LogP contribution in [0.5, 0.6) is 0 Å². The second-order valence-corrected chi connectivity index (χ2v) is 4.87.